The van der Waals surface area contributed by atoms with Crippen LogP contribution in [0.15, 0.2) is 36.7 Å². The van der Waals surface area contributed by atoms with Crippen LogP contribution in [0.3, 0.4) is 0 Å². The van der Waals surface area contributed by atoms with Crippen molar-refractivity contribution in [3.8, 4) is 5.75 Å². The number of rotatable bonds is 8. The van der Waals surface area contributed by atoms with Crippen LogP contribution in [0.1, 0.15) is 19.4 Å². The first-order valence-corrected chi connectivity index (χ1v) is 7.19. The summed E-state index contributed by atoms with van der Waals surface area (Å²) in [5, 5.41) is 7.65. The molecule has 2 aromatic rings. The van der Waals surface area contributed by atoms with E-state index in [1.54, 1.807) is 7.11 Å². The summed E-state index contributed by atoms with van der Waals surface area (Å²) in [4.78, 5) is 0. The topological polar surface area (TPSA) is 48.3 Å². The Balaban J connectivity index is 1.95. The fourth-order valence-electron chi connectivity index (χ4n) is 1.98. The Morgan fingerprint density at radius 1 is 1.29 bits per heavy atom. The van der Waals surface area contributed by atoms with Crippen LogP contribution in [0.2, 0.25) is 0 Å². The molecule has 5 nitrogen and oxygen atoms in total. The predicted octanol–water partition coefficient (Wildman–Crippen LogP) is 2.93. The number of hydrogen-bond acceptors (Lipinski definition) is 4. The Hall–Kier alpha value is -2.01. The summed E-state index contributed by atoms with van der Waals surface area (Å²) in [7, 11) is 1.69. The highest BCUT2D eigenvalue weighted by Gasteiger charge is 2.05. The molecular weight excluding hydrogens is 266 g/mol. The van der Waals surface area contributed by atoms with Crippen LogP contribution in [0.25, 0.3) is 0 Å². The largest absolute Gasteiger partial charge is 0.491 e. The quantitative estimate of drug-likeness (QED) is 0.811. The van der Waals surface area contributed by atoms with Gasteiger partial charge in [-0.3, -0.25) is 4.68 Å². The number of anilines is 1. The smallest absolute Gasteiger partial charge is 0.124 e. The molecule has 0 unspecified atom stereocenters. The number of aromatic nitrogens is 2. The van der Waals surface area contributed by atoms with Crippen molar-refractivity contribution in [1.29, 1.82) is 0 Å². The van der Waals surface area contributed by atoms with Crippen LogP contribution in [-0.4, -0.2) is 29.6 Å². The van der Waals surface area contributed by atoms with Crippen molar-refractivity contribution in [3.63, 3.8) is 0 Å². The van der Waals surface area contributed by atoms with E-state index < -0.39 is 0 Å². The SMILES string of the molecule is COCCn1cc(NCc2ccccc2OC(C)C)cn1. The average Bonchev–Trinajstić information content (AvgIpc) is 2.91. The molecule has 0 bridgehead atoms. The van der Waals surface area contributed by atoms with E-state index in [9.17, 15) is 0 Å². The molecule has 114 valence electrons. The third-order valence-electron chi connectivity index (χ3n) is 2.98. The third kappa shape index (κ3) is 4.79. The molecule has 0 aliphatic rings. The van der Waals surface area contributed by atoms with Crippen molar-refractivity contribution in [2.24, 2.45) is 0 Å². The fourth-order valence-corrected chi connectivity index (χ4v) is 1.98. The van der Waals surface area contributed by atoms with Gasteiger partial charge < -0.3 is 14.8 Å². The molecule has 0 aliphatic heterocycles. The number of hydrogen-bond donors (Lipinski definition) is 1. The normalized spacial score (nSPS) is 10.9. The minimum atomic E-state index is 0.169. The first-order valence-electron chi connectivity index (χ1n) is 7.19. The van der Waals surface area contributed by atoms with Crippen LogP contribution in [-0.2, 0) is 17.8 Å². The average molecular weight is 289 g/mol. The molecule has 21 heavy (non-hydrogen) atoms. The fraction of sp³-hybridized carbons (Fsp3) is 0.438. The Morgan fingerprint density at radius 2 is 2.10 bits per heavy atom. The van der Waals surface area contributed by atoms with Crippen LogP contribution >= 0.6 is 0 Å². The standard InChI is InChI=1S/C16H23N3O2/c1-13(2)21-16-7-5-4-6-14(16)10-17-15-11-18-19(12-15)8-9-20-3/h4-7,11-13,17H,8-10H2,1-3H3. The summed E-state index contributed by atoms with van der Waals surface area (Å²) in [6, 6.07) is 8.08. The molecule has 0 spiro atoms. The van der Waals surface area contributed by atoms with E-state index in [4.69, 9.17) is 9.47 Å². The maximum Gasteiger partial charge on any atom is 0.124 e. The number of benzene rings is 1. The van der Waals surface area contributed by atoms with E-state index in [1.165, 1.54) is 0 Å². The molecule has 0 amide bonds. The minimum absolute atomic E-state index is 0.169. The van der Waals surface area contributed by atoms with Crippen LogP contribution in [0, 0.1) is 0 Å². The molecule has 0 saturated carbocycles. The molecule has 1 N–H and O–H groups in total. The van der Waals surface area contributed by atoms with Gasteiger partial charge in [0.1, 0.15) is 5.75 Å². The van der Waals surface area contributed by atoms with Crippen molar-refractivity contribution in [2.45, 2.75) is 33.0 Å². The predicted molar refractivity (Wildman–Crippen MR) is 83.6 cm³/mol. The van der Waals surface area contributed by atoms with Crippen LogP contribution in [0.4, 0.5) is 5.69 Å². The number of nitrogens with zero attached hydrogens (tertiary/aromatic N) is 2. The first kappa shape index (κ1) is 15.4. The van der Waals surface area contributed by atoms with Crippen molar-refractivity contribution < 1.29 is 9.47 Å². The third-order valence-corrected chi connectivity index (χ3v) is 2.98. The van der Waals surface area contributed by atoms with E-state index in [1.807, 2.05) is 49.1 Å². The number of ether oxygens (including phenoxy) is 2. The van der Waals surface area contributed by atoms with Crippen LogP contribution in [0.5, 0.6) is 5.75 Å². The molecule has 0 fully saturated rings. The summed E-state index contributed by atoms with van der Waals surface area (Å²) in [5.74, 6) is 0.923. The van der Waals surface area contributed by atoms with Gasteiger partial charge in [0.2, 0.25) is 0 Å². The van der Waals surface area contributed by atoms with Crippen LogP contribution < -0.4 is 10.1 Å². The summed E-state index contributed by atoms with van der Waals surface area (Å²) in [6.45, 7) is 6.18. The lowest BCUT2D eigenvalue weighted by Gasteiger charge is -2.14. The van der Waals surface area contributed by atoms with E-state index in [0.717, 1.165) is 23.5 Å². The molecule has 1 aromatic carbocycles. The second-order valence-electron chi connectivity index (χ2n) is 5.11. The molecule has 1 heterocycles. The second kappa shape index (κ2) is 7.69. The van der Waals surface area contributed by atoms with Gasteiger partial charge in [-0.1, -0.05) is 18.2 Å². The highest BCUT2D eigenvalue weighted by molar-refractivity contribution is 5.42. The van der Waals surface area contributed by atoms with E-state index in [2.05, 4.69) is 16.5 Å². The van der Waals surface area contributed by atoms with Crippen molar-refractivity contribution in [3.05, 3.63) is 42.2 Å². The van der Waals surface area contributed by atoms with Gasteiger partial charge in [0.05, 0.1) is 31.1 Å². The molecule has 1 aromatic heterocycles. The Labute approximate surface area is 125 Å². The zero-order valence-electron chi connectivity index (χ0n) is 12.9. The Bertz CT molecular complexity index is 552. The maximum absolute atomic E-state index is 5.81. The van der Waals surface area contributed by atoms with Gasteiger partial charge in [0, 0.05) is 25.4 Å². The van der Waals surface area contributed by atoms with Gasteiger partial charge in [-0.2, -0.15) is 5.10 Å². The monoisotopic (exact) mass is 289 g/mol. The minimum Gasteiger partial charge on any atom is -0.491 e. The number of nitrogens with one attached hydrogen (secondary N) is 1. The van der Waals surface area contributed by atoms with Crippen molar-refractivity contribution in [2.75, 3.05) is 19.0 Å². The lowest BCUT2D eigenvalue weighted by Crippen LogP contribution is -2.09. The van der Waals surface area contributed by atoms with Crippen molar-refractivity contribution in [1.82, 2.24) is 9.78 Å². The van der Waals surface area contributed by atoms with Gasteiger partial charge in [-0.25, -0.2) is 0 Å². The zero-order valence-corrected chi connectivity index (χ0v) is 12.9. The molecule has 5 heteroatoms. The highest BCUT2D eigenvalue weighted by atomic mass is 16.5. The molecule has 0 radical (unpaired) electrons. The molecular formula is C16H23N3O2. The Morgan fingerprint density at radius 3 is 2.86 bits per heavy atom. The van der Waals surface area contributed by atoms with E-state index in [-0.39, 0.29) is 6.10 Å². The molecule has 2 rings (SSSR count). The summed E-state index contributed by atoms with van der Waals surface area (Å²) < 4.78 is 12.7. The van der Waals surface area contributed by atoms with Gasteiger partial charge in [0.25, 0.3) is 0 Å². The lowest BCUT2D eigenvalue weighted by molar-refractivity contribution is 0.183. The van der Waals surface area contributed by atoms with Gasteiger partial charge in [-0.05, 0) is 19.9 Å². The molecule has 0 aliphatic carbocycles. The van der Waals surface area contributed by atoms with Crippen molar-refractivity contribution >= 4 is 5.69 Å². The Kier molecular flexibility index (Phi) is 5.63. The molecule has 0 saturated heterocycles. The first-order chi connectivity index (χ1) is 10.2. The summed E-state index contributed by atoms with van der Waals surface area (Å²) in [6.07, 6.45) is 3.97. The van der Waals surface area contributed by atoms with Gasteiger partial charge >= 0.3 is 0 Å². The van der Waals surface area contributed by atoms with E-state index >= 15 is 0 Å². The lowest BCUT2D eigenvalue weighted by atomic mass is 10.2. The zero-order chi connectivity index (χ0) is 15.1. The summed E-state index contributed by atoms with van der Waals surface area (Å²) in [5.41, 5.74) is 2.13. The van der Waals surface area contributed by atoms with Gasteiger partial charge in [0.15, 0.2) is 0 Å². The molecule has 0 atom stereocenters. The maximum atomic E-state index is 5.81. The summed E-state index contributed by atoms with van der Waals surface area (Å²) >= 11 is 0. The number of para-hydroxylation sites is 1. The number of methoxy groups -OCH3 is 1. The van der Waals surface area contributed by atoms with E-state index in [0.29, 0.717) is 13.2 Å². The van der Waals surface area contributed by atoms with Gasteiger partial charge in [-0.15, -0.1) is 0 Å². The second-order valence-corrected chi connectivity index (χ2v) is 5.11. The highest BCUT2D eigenvalue weighted by Crippen LogP contribution is 2.20.